The molecule has 1 fully saturated rings. The summed E-state index contributed by atoms with van der Waals surface area (Å²) in [7, 11) is 6.00. The first-order valence-electron chi connectivity index (χ1n) is 8.10. The van der Waals surface area contributed by atoms with Crippen LogP contribution in [0.3, 0.4) is 0 Å². The molecular formula is C16H24FN5S2. The topological polar surface area (TPSA) is 35.5 Å². The smallest absolute Gasteiger partial charge is 0.204 e. The van der Waals surface area contributed by atoms with Crippen LogP contribution >= 0.6 is 22.9 Å². The molecular weight excluding hydrogens is 345 g/mol. The summed E-state index contributed by atoms with van der Waals surface area (Å²) in [6.07, 6.45) is -0.107. The van der Waals surface area contributed by atoms with Gasteiger partial charge in [0.05, 0.1) is 6.54 Å². The fraction of sp³-hybridized carbons (Fsp3) is 0.625. The Morgan fingerprint density at radius 2 is 2.21 bits per heavy atom. The first-order valence-corrected chi connectivity index (χ1v) is 9.75. The Balaban J connectivity index is 1.56. The standard InChI is InChI=1S/C16H24FN5S2/c1-20(2)16-18-15(19-24-16)11-21(3)9-13-7-12(17)8-22(13)10-14-5-4-6-23-14/h4-6,12-13H,7-11H2,1-3H3/t12-,13-/m0/s1. The van der Waals surface area contributed by atoms with E-state index in [9.17, 15) is 4.39 Å². The lowest BCUT2D eigenvalue weighted by molar-refractivity contribution is 0.180. The first kappa shape index (κ1) is 17.7. The molecule has 0 N–H and O–H groups in total. The lowest BCUT2D eigenvalue weighted by Gasteiger charge is -2.27. The van der Waals surface area contributed by atoms with Gasteiger partial charge in [-0.15, -0.1) is 11.3 Å². The second-order valence-corrected chi connectivity index (χ2v) is 8.34. The lowest BCUT2D eigenvalue weighted by Crippen LogP contribution is -2.38. The monoisotopic (exact) mass is 369 g/mol. The maximum atomic E-state index is 13.9. The minimum absolute atomic E-state index is 0.249. The Morgan fingerprint density at radius 1 is 1.38 bits per heavy atom. The number of hydrogen-bond donors (Lipinski definition) is 0. The molecule has 24 heavy (non-hydrogen) atoms. The Hall–Kier alpha value is -1.09. The van der Waals surface area contributed by atoms with Crippen LogP contribution < -0.4 is 4.90 Å². The Morgan fingerprint density at radius 3 is 2.88 bits per heavy atom. The first-order chi connectivity index (χ1) is 11.5. The van der Waals surface area contributed by atoms with Gasteiger partial charge in [0, 0.05) is 56.2 Å². The summed E-state index contributed by atoms with van der Waals surface area (Å²) >= 11 is 3.15. The molecule has 0 amide bonds. The van der Waals surface area contributed by atoms with Gasteiger partial charge >= 0.3 is 0 Å². The maximum Gasteiger partial charge on any atom is 0.204 e. The van der Waals surface area contributed by atoms with Gasteiger partial charge in [0.25, 0.3) is 0 Å². The van der Waals surface area contributed by atoms with E-state index in [1.165, 1.54) is 16.4 Å². The molecule has 1 saturated heterocycles. The van der Waals surface area contributed by atoms with Gasteiger partial charge < -0.3 is 4.90 Å². The van der Waals surface area contributed by atoms with E-state index in [4.69, 9.17) is 0 Å². The summed E-state index contributed by atoms with van der Waals surface area (Å²) in [5.74, 6) is 0.839. The van der Waals surface area contributed by atoms with Crippen LogP contribution in [0.5, 0.6) is 0 Å². The minimum atomic E-state index is -0.721. The summed E-state index contributed by atoms with van der Waals surface area (Å²) in [5.41, 5.74) is 0. The highest BCUT2D eigenvalue weighted by Crippen LogP contribution is 2.25. The van der Waals surface area contributed by atoms with E-state index in [-0.39, 0.29) is 6.04 Å². The molecule has 0 saturated carbocycles. The van der Waals surface area contributed by atoms with Crippen LogP contribution in [-0.2, 0) is 13.1 Å². The number of alkyl halides is 1. The molecule has 0 bridgehead atoms. The van der Waals surface area contributed by atoms with Crippen LogP contribution in [0.15, 0.2) is 17.5 Å². The average molecular weight is 370 g/mol. The highest BCUT2D eigenvalue weighted by Gasteiger charge is 2.32. The van der Waals surface area contributed by atoms with Crippen molar-refractivity contribution < 1.29 is 4.39 Å². The van der Waals surface area contributed by atoms with Crippen molar-refractivity contribution in [2.24, 2.45) is 0 Å². The van der Waals surface area contributed by atoms with Crippen molar-refractivity contribution in [1.82, 2.24) is 19.2 Å². The summed E-state index contributed by atoms with van der Waals surface area (Å²) in [6, 6.07) is 4.43. The van der Waals surface area contributed by atoms with Gasteiger partial charge in [-0.25, -0.2) is 9.37 Å². The van der Waals surface area contributed by atoms with E-state index >= 15 is 0 Å². The van der Waals surface area contributed by atoms with Crippen LogP contribution in [0.1, 0.15) is 17.1 Å². The van der Waals surface area contributed by atoms with E-state index in [0.29, 0.717) is 19.5 Å². The van der Waals surface area contributed by atoms with E-state index in [1.807, 2.05) is 19.0 Å². The number of rotatable bonds is 7. The molecule has 8 heteroatoms. The molecule has 1 aliphatic heterocycles. The quantitative estimate of drug-likeness (QED) is 0.750. The molecule has 2 aromatic rings. The molecule has 2 aromatic heterocycles. The van der Waals surface area contributed by atoms with Crippen LogP contribution in [0.2, 0.25) is 0 Å². The van der Waals surface area contributed by atoms with Gasteiger partial charge in [0.1, 0.15) is 6.17 Å². The maximum absolute atomic E-state index is 13.9. The fourth-order valence-corrected chi connectivity index (χ4v) is 4.39. The second kappa shape index (κ2) is 7.86. The van der Waals surface area contributed by atoms with Gasteiger partial charge in [0.2, 0.25) is 5.13 Å². The van der Waals surface area contributed by atoms with Gasteiger partial charge in [-0.2, -0.15) is 4.37 Å². The average Bonchev–Trinajstić information content (AvgIpc) is 3.22. The van der Waals surface area contributed by atoms with Crippen molar-refractivity contribution in [3.8, 4) is 0 Å². The number of aromatic nitrogens is 2. The largest absolute Gasteiger partial charge is 0.353 e. The molecule has 3 heterocycles. The number of likely N-dealkylation sites (N-methyl/N-ethyl adjacent to an activating group) is 1. The van der Waals surface area contributed by atoms with Gasteiger partial charge in [0.15, 0.2) is 5.82 Å². The van der Waals surface area contributed by atoms with Crippen molar-refractivity contribution in [2.45, 2.75) is 31.7 Å². The summed E-state index contributed by atoms with van der Waals surface area (Å²) in [4.78, 5) is 12.3. The number of halogens is 1. The van der Waals surface area contributed by atoms with Crippen molar-refractivity contribution in [3.63, 3.8) is 0 Å². The third kappa shape index (κ3) is 4.50. The third-order valence-corrected chi connectivity index (χ3v) is 5.97. The molecule has 0 spiro atoms. The van der Waals surface area contributed by atoms with Crippen molar-refractivity contribution in [2.75, 3.05) is 39.1 Å². The lowest BCUT2D eigenvalue weighted by atomic mass is 10.2. The van der Waals surface area contributed by atoms with Gasteiger partial charge in [-0.3, -0.25) is 9.80 Å². The molecule has 0 radical (unpaired) electrons. The van der Waals surface area contributed by atoms with Crippen LogP contribution in [0, 0.1) is 0 Å². The minimum Gasteiger partial charge on any atom is -0.353 e. The SMILES string of the molecule is CN(Cc1nsc(N(C)C)n1)C[C@@H]1C[C@H](F)CN1Cc1cccs1. The molecule has 3 rings (SSSR count). The molecule has 0 unspecified atom stereocenters. The molecule has 5 nitrogen and oxygen atoms in total. The van der Waals surface area contributed by atoms with Gasteiger partial charge in [-0.1, -0.05) is 6.07 Å². The molecule has 0 aromatic carbocycles. The predicted molar refractivity (Wildman–Crippen MR) is 98.6 cm³/mol. The molecule has 2 atom stereocenters. The highest BCUT2D eigenvalue weighted by atomic mass is 32.1. The normalized spacial score (nSPS) is 21.7. The second-order valence-electron chi connectivity index (χ2n) is 6.58. The number of anilines is 1. The van der Waals surface area contributed by atoms with Crippen LogP contribution in [0.25, 0.3) is 0 Å². The zero-order valence-corrected chi connectivity index (χ0v) is 16.0. The summed E-state index contributed by atoms with van der Waals surface area (Å²) in [5, 5.41) is 3.00. The Bertz CT molecular complexity index is 630. The Kier molecular flexibility index (Phi) is 5.80. The highest BCUT2D eigenvalue weighted by molar-refractivity contribution is 7.10. The zero-order chi connectivity index (χ0) is 17.1. The van der Waals surface area contributed by atoms with E-state index in [1.54, 1.807) is 11.3 Å². The number of nitrogens with zero attached hydrogens (tertiary/aromatic N) is 5. The van der Waals surface area contributed by atoms with Crippen molar-refractivity contribution in [3.05, 3.63) is 28.2 Å². The Labute approximate surface area is 150 Å². The van der Waals surface area contributed by atoms with E-state index in [0.717, 1.165) is 24.0 Å². The van der Waals surface area contributed by atoms with Crippen molar-refractivity contribution in [1.29, 1.82) is 0 Å². The van der Waals surface area contributed by atoms with E-state index in [2.05, 4.69) is 43.7 Å². The van der Waals surface area contributed by atoms with Crippen LogP contribution in [-0.4, -0.2) is 65.6 Å². The number of likely N-dealkylation sites (tertiary alicyclic amines) is 1. The van der Waals surface area contributed by atoms with Gasteiger partial charge in [-0.05, 0) is 24.9 Å². The van der Waals surface area contributed by atoms with Crippen LogP contribution in [0.4, 0.5) is 9.52 Å². The van der Waals surface area contributed by atoms with Crippen molar-refractivity contribution >= 4 is 28.0 Å². The fourth-order valence-electron chi connectivity index (χ4n) is 3.07. The molecule has 0 aliphatic carbocycles. The molecule has 1 aliphatic rings. The van der Waals surface area contributed by atoms with E-state index < -0.39 is 6.17 Å². The molecule has 132 valence electrons. The number of thiophene rings is 1. The summed E-state index contributed by atoms with van der Waals surface area (Å²) < 4.78 is 18.3. The zero-order valence-electron chi connectivity index (χ0n) is 14.4. The summed E-state index contributed by atoms with van der Waals surface area (Å²) in [6.45, 7) is 2.92. The predicted octanol–water partition coefficient (Wildman–Crippen LogP) is 2.71. The third-order valence-electron chi connectivity index (χ3n) is 4.19. The number of hydrogen-bond acceptors (Lipinski definition) is 7.